The van der Waals surface area contributed by atoms with E-state index in [0.717, 1.165) is 9.70 Å². The number of allylic oxidation sites excluding steroid dienone is 4. The molecule has 1 aliphatic rings. The third-order valence-corrected chi connectivity index (χ3v) is 33.4. The van der Waals surface area contributed by atoms with E-state index in [-0.39, 0.29) is 0 Å². The van der Waals surface area contributed by atoms with Crippen molar-refractivity contribution < 1.29 is 29.5 Å². The van der Waals surface area contributed by atoms with Gasteiger partial charge in [0.05, 0.1) is 0 Å². The maximum absolute atomic E-state index is 14.0. The molecular formula is C11H22FGeO3Zr. The fourth-order valence-electron chi connectivity index (χ4n) is 2.29. The standard InChI is InChI=1S/C5H5.3C2H5O.FGeH2.Zr/c1-2-4-5-3-1;3*1-2-3;1-2;/h1-3H,4H2;3*2H2,1H3;2H2;/q;3*-1;;+3. The maximum atomic E-state index is 14.0. The van der Waals surface area contributed by atoms with Crippen LogP contribution in [0.5, 0.6) is 0 Å². The zero-order chi connectivity index (χ0) is 12.8. The summed E-state index contributed by atoms with van der Waals surface area (Å²) in [6.07, 6.45) is 6.62. The van der Waals surface area contributed by atoms with Gasteiger partial charge in [-0.15, -0.1) is 0 Å². The van der Waals surface area contributed by atoms with Crippen molar-refractivity contribution in [1.29, 1.82) is 0 Å². The van der Waals surface area contributed by atoms with Gasteiger partial charge in [-0.3, -0.25) is 0 Å². The van der Waals surface area contributed by atoms with E-state index in [1.54, 1.807) is 0 Å². The molecule has 17 heavy (non-hydrogen) atoms. The Morgan fingerprint density at radius 2 is 1.71 bits per heavy atom. The molecule has 0 aromatic heterocycles. The number of hydrogen-bond donors (Lipinski definition) is 0. The number of hydrogen-bond acceptors (Lipinski definition) is 3. The van der Waals surface area contributed by atoms with Crippen molar-refractivity contribution in [2.24, 2.45) is 0 Å². The van der Waals surface area contributed by atoms with E-state index in [0.29, 0.717) is 19.8 Å². The van der Waals surface area contributed by atoms with Crippen molar-refractivity contribution >= 4 is 12.1 Å². The van der Waals surface area contributed by atoms with Crippen molar-refractivity contribution in [3.8, 4) is 0 Å². The summed E-state index contributed by atoms with van der Waals surface area (Å²) in [7, 11) is 0. The van der Waals surface area contributed by atoms with E-state index < -0.39 is 29.7 Å². The molecule has 0 atom stereocenters. The molecule has 0 heterocycles. The minimum absolute atomic E-state index is 0.456. The molecule has 99 valence electrons. The average molecular weight is 385 g/mol. The topological polar surface area (TPSA) is 27.7 Å². The zero-order valence-electron chi connectivity index (χ0n) is 10.9. The summed E-state index contributed by atoms with van der Waals surface area (Å²) in [6.45, 7) is 7.01. The summed E-state index contributed by atoms with van der Waals surface area (Å²) in [5.74, 6) is 0. The van der Waals surface area contributed by atoms with Gasteiger partial charge in [0.15, 0.2) is 0 Å². The van der Waals surface area contributed by atoms with Gasteiger partial charge in [-0.05, 0) is 0 Å². The predicted octanol–water partition coefficient (Wildman–Crippen LogP) is 2.34. The SMILES string of the molecule is CC[O][Zr]([O]CC)([O]CC)([GeH2][F])[C]1=CC=CC1. The van der Waals surface area contributed by atoms with Gasteiger partial charge in [-0.25, -0.2) is 0 Å². The zero-order valence-corrected chi connectivity index (χ0v) is 16.3. The summed E-state index contributed by atoms with van der Waals surface area (Å²) in [4.78, 5) is 0. The second kappa shape index (κ2) is 6.76. The third kappa shape index (κ3) is 3.00. The third-order valence-electron chi connectivity index (χ3n) is 2.93. The Balaban J connectivity index is 3.17. The molecule has 0 amide bonds. The molecule has 3 nitrogen and oxygen atoms in total. The van der Waals surface area contributed by atoms with Crippen molar-refractivity contribution in [2.75, 3.05) is 19.8 Å². The quantitative estimate of drug-likeness (QED) is 0.601. The molecular weight excluding hydrogens is 363 g/mol. The van der Waals surface area contributed by atoms with Gasteiger partial charge >= 0.3 is 110 Å². The average Bonchev–Trinajstić information content (AvgIpc) is 2.84. The molecule has 0 saturated heterocycles. The molecule has 0 aliphatic heterocycles. The number of halogens is 1. The molecule has 0 unspecified atom stereocenters. The Labute approximate surface area is 110 Å². The van der Waals surface area contributed by atoms with E-state index in [9.17, 15) is 3.50 Å². The minimum atomic E-state index is -4.57. The van der Waals surface area contributed by atoms with E-state index in [2.05, 4.69) is 0 Å². The van der Waals surface area contributed by atoms with Gasteiger partial charge < -0.3 is 0 Å². The summed E-state index contributed by atoms with van der Waals surface area (Å²) in [5, 5.41) is 0. The van der Waals surface area contributed by atoms with Crippen molar-refractivity contribution in [3.63, 3.8) is 0 Å². The van der Waals surface area contributed by atoms with Crippen LogP contribution in [0.25, 0.3) is 0 Å². The van der Waals surface area contributed by atoms with Gasteiger partial charge in [0.25, 0.3) is 0 Å². The summed E-state index contributed by atoms with van der Waals surface area (Å²) in [5.41, 5.74) is 0. The molecule has 0 spiro atoms. The molecule has 0 aromatic rings. The Morgan fingerprint density at radius 3 is 2.00 bits per heavy atom. The first-order chi connectivity index (χ1) is 8.17. The van der Waals surface area contributed by atoms with Crippen LogP contribution in [-0.2, 0) is 26.0 Å². The Hall–Kier alpha value is 0.716. The molecule has 0 radical (unpaired) electrons. The predicted molar refractivity (Wildman–Crippen MR) is 66.4 cm³/mol. The van der Waals surface area contributed by atoms with E-state index in [1.165, 1.54) is 0 Å². The molecule has 0 aromatic carbocycles. The molecule has 1 aliphatic carbocycles. The number of rotatable bonds is 8. The van der Waals surface area contributed by atoms with Crippen LogP contribution in [-0.4, -0.2) is 31.9 Å². The second-order valence-corrected chi connectivity index (χ2v) is 32.5. The van der Waals surface area contributed by atoms with Gasteiger partial charge in [0.2, 0.25) is 0 Å². The molecule has 1 rings (SSSR count). The van der Waals surface area contributed by atoms with E-state index in [4.69, 9.17) is 8.44 Å². The molecule has 6 heteroatoms. The molecule has 0 fully saturated rings. The first-order valence-corrected chi connectivity index (χ1v) is 22.1. The summed E-state index contributed by atoms with van der Waals surface area (Å²) in [6, 6.07) is 0. The fourth-order valence-corrected chi connectivity index (χ4v) is 27.7. The van der Waals surface area contributed by atoms with Crippen molar-refractivity contribution in [1.82, 2.24) is 0 Å². The van der Waals surface area contributed by atoms with Gasteiger partial charge in [-0.2, -0.15) is 0 Å². The second-order valence-electron chi connectivity index (χ2n) is 3.92. The Bertz CT molecular complexity index is 300. The normalized spacial score (nSPS) is 18.6. The summed E-state index contributed by atoms with van der Waals surface area (Å²) < 4.78 is 32.7. The van der Waals surface area contributed by atoms with Crippen LogP contribution >= 0.6 is 0 Å². The van der Waals surface area contributed by atoms with Crippen LogP contribution in [0.15, 0.2) is 21.5 Å². The van der Waals surface area contributed by atoms with Crippen LogP contribution in [0.1, 0.15) is 27.2 Å². The van der Waals surface area contributed by atoms with E-state index in [1.807, 2.05) is 39.0 Å². The van der Waals surface area contributed by atoms with Gasteiger partial charge in [0.1, 0.15) is 0 Å². The van der Waals surface area contributed by atoms with Crippen LogP contribution in [0.4, 0.5) is 3.50 Å². The van der Waals surface area contributed by atoms with Gasteiger partial charge in [0, 0.05) is 0 Å². The summed E-state index contributed by atoms with van der Waals surface area (Å²) >= 11 is -7.06. The molecule has 0 saturated carbocycles. The Kier molecular flexibility index (Phi) is 6.27. The fraction of sp³-hybridized carbons (Fsp3) is 0.636. The van der Waals surface area contributed by atoms with Gasteiger partial charge in [-0.1, -0.05) is 0 Å². The van der Waals surface area contributed by atoms with Crippen LogP contribution in [0, 0.1) is 0 Å². The molecule has 0 N–H and O–H groups in total. The molecule has 0 bridgehead atoms. The van der Waals surface area contributed by atoms with Crippen LogP contribution in [0.2, 0.25) is 0 Å². The Morgan fingerprint density at radius 1 is 1.18 bits per heavy atom. The monoisotopic (exact) mass is 385 g/mol. The first-order valence-electron chi connectivity index (χ1n) is 6.19. The van der Waals surface area contributed by atoms with Crippen LogP contribution in [0.3, 0.4) is 0 Å². The first kappa shape index (κ1) is 15.8. The van der Waals surface area contributed by atoms with Crippen molar-refractivity contribution in [3.05, 3.63) is 21.5 Å². The van der Waals surface area contributed by atoms with Crippen LogP contribution < -0.4 is 0 Å². The van der Waals surface area contributed by atoms with E-state index >= 15 is 0 Å². The van der Waals surface area contributed by atoms with Crippen molar-refractivity contribution in [2.45, 2.75) is 27.2 Å².